The van der Waals surface area contributed by atoms with Crippen LogP contribution in [0.1, 0.15) is 29.9 Å². The molecule has 1 fully saturated rings. The first-order valence-corrected chi connectivity index (χ1v) is 11.2. The molecule has 0 unspecified atom stereocenters. The van der Waals surface area contributed by atoms with Gasteiger partial charge in [0.05, 0.1) is 17.8 Å². The number of rotatable bonds is 6. The van der Waals surface area contributed by atoms with Crippen molar-refractivity contribution in [3.63, 3.8) is 0 Å². The molecule has 0 amide bonds. The van der Waals surface area contributed by atoms with Gasteiger partial charge in [0.1, 0.15) is 5.82 Å². The van der Waals surface area contributed by atoms with Crippen LogP contribution in [0, 0.1) is 0 Å². The van der Waals surface area contributed by atoms with Crippen molar-refractivity contribution in [3.8, 4) is 0 Å². The fourth-order valence-electron chi connectivity index (χ4n) is 4.15. The summed E-state index contributed by atoms with van der Waals surface area (Å²) in [4.78, 5) is 12.0. The zero-order valence-corrected chi connectivity index (χ0v) is 18.2. The van der Waals surface area contributed by atoms with Crippen LogP contribution in [-0.2, 0) is 13.0 Å². The van der Waals surface area contributed by atoms with Gasteiger partial charge in [-0.2, -0.15) is 0 Å². The molecule has 0 radical (unpaired) electrons. The van der Waals surface area contributed by atoms with Gasteiger partial charge in [-0.15, -0.1) is 10.2 Å². The summed E-state index contributed by atoms with van der Waals surface area (Å²) in [5, 5.41) is 10.8. The van der Waals surface area contributed by atoms with Crippen molar-refractivity contribution in [2.75, 3.05) is 4.90 Å². The lowest BCUT2D eigenvalue weighted by Gasteiger charge is -2.25. The number of benzene rings is 2. The van der Waals surface area contributed by atoms with Gasteiger partial charge < -0.3 is 4.90 Å². The number of hydrogen-bond acceptors (Lipinski definition) is 5. The Hall–Kier alpha value is -3.51. The lowest BCUT2D eigenvalue weighted by molar-refractivity contribution is 0.731. The third kappa shape index (κ3) is 3.56. The van der Waals surface area contributed by atoms with E-state index >= 15 is 0 Å². The Morgan fingerprint density at radius 3 is 2.59 bits per heavy atom. The van der Waals surface area contributed by atoms with E-state index in [0.717, 1.165) is 46.9 Å². The van der Waals surface area contributed by atoms with Gasteiger partial charge in [0.2, 0.25) is 5.95 Å². The Kier molecular flexibility index (Phi) is 4.72. The van der Waals surface area contributed by atoms with Crippen LogP contribution in [0.2, 0.25) is 5.02 Å². The van der Waals surface area contributed by atoms with Gasteiger partial charge in [-0.1, -0.05) is 48.0 Å². The van der Waals surface area contributed by atoms with Crippen molar-refractivity contribution in [1.82, 2.24) is 24.6 Å². The minimum atomic E-state index is 0.427. The van der Waals surface area contributed by atoms with Gasteiger partial charge in [-0.3, -0.25) is 4.98 Å². The Morgan fingerprint density at radius 1 is 0.969 bits per heavy atom. The number of aromatic nitrogens is 5. The molecule has 1 aliphatic rings. The van der Waals surface area contributed by atoms with E-state index in [2.05, 4.69) is 42.7 Å². The maximum absolute atomic E-state index is 6.31. The molecule has 1 saturated carbocycles. The van der Waals surface area contributed by atoms with Crippen molar-refractivity contribution >= 4 is 34.1 Å². The topological polar surface area (TPSA) is 59.2 Å². The molecule has 0 saturated heterocycles. The molecular weight excluding hydrogens is 420 g/mol. The predicted molar refractivity (Wildman–Crippen MR) is 126 cm³/mol. The zero-order valence-electron chi connectivity index (χ0n) is 17.4. The summed E-state index contributed by atoms with van der Waals surface area (Å²) in [7, 11) is 0. The van der Waals surface area contributed by atoms with Crippen molar-refractivity contribution in [2.45, 2.75) is 31.8 Å². The molecule has 0 N–H and O–H groups in total. The van der Waals surface area contributed by atoms with Crippen LogP contribution in [0.3, 0.4) is 0 Å². The summed E-state index contributed by atoms with van der Waals surface area (Å²) >= 11 is 6.31. The lowest BCUT2D eigenvalue weighted by Crippen LogP contribution is -2.29. The van der Waals surface area contributed by atoms with Crippen molar-refractivity contribution in [2.24, 2.45) is 0 Å². The molecule has 5 aromatic rings. The summed E-state index contributed by atoms with van der Waals surface area (Å²) in [6.07, 6.45) is 4.79. The monoisotopic (exact) mass is 440 g/mol. The molecular formula is C25H21ClN6. The first-order valence-electron chi connectivity index (χ1n) is 10.8. The highest BCUT2D eigenvalue weighted by atomic mass is 35.5. The quantitative estimate of drug-likeness (QED) is 0.368. The molecule has 0 atom stereocenters. The van der Waals surface area contributed by atoms with Crippen LogP contribution < -0.4 is 4.90 Å². The molecule has 32 heavy (non-hydrogen) atoms. The van der Waals surface area contributed by atoms with Gasteiger partial charge in [-0.25, -0.2) is 9.38 Å². The minimum Gasteiger partial charge on any atom is -0.333 e. The molecule has 158 valence electrons. The first kappa shape index (κ1) is 19.2. The maximum atomic E-state index is 6.31. The zero-order chi connectivity index (χ0) is 21.5. The highest BCUT2D eigenvalue weighted by molar-refractivity contribution is 6.31. The van der Waals surface area contributed by atoms with Crippen molar-refractivity contribution in [3.05, 3.63) is 95.0 Å². The van der Waals surface area contributed by atoms with E-state index in [0.29, 0.717) is 24.0 Å². The second-order valence-corrected chi connectivity index (χ2v) is 8.63. The van der Waals surface area contributed by atoms with Crippen molar-refractivity contribution < 1.29 is 0 Å². The standard InChI is InChI=1S/C25H21ClN6/c26-18-9-12-21-22(15-18)28-25(31(20-10-11-20)16-19-8-4-5-13-27-19)32-23(29-30-24(21)32)14-17-6-2-1-3-7-17/h1-9,12-13,15,20H,10-11,14,16H2. The molecule has 0 bridgehead atoms. The largest absolute Gasteiger partial charge is 0.333 e. The fraction of sp³-hybridized carbons (Fsp3) is 0.200. The van der Waals surface area contributed by atoms with E-state index in [1.807, 2.05) is 54.7 Å². The molecule has 7 heteroatoms. The Bertz CT molecular complexity index is 1400. The van der Waals surface area contributed by atoms with E-state index in [-0.39, 0.29) is 0 Å². The third-order valence-corrected chi connectivity index (χ3v) is 6.09. The average molecular weight is 441 g/mol. The van der Waals surface area contributed by atoms with Crippen LogP contribution in [0.15, 0.2) is 72.9 Å². The fourth-order valence-corrected chi connectivity index (χ4v) is 4.31. The maximum Gasteiger partial charge on any atom is 0.214 e. The Morgan fingerprint density at radius 2 is 1.81 bits per heavy atom. The SMILES string of the molecule is Clc1ccc2c(c1)nc(N(Cc1ccccn1)C1CC1)n1c(Cc3ccccc3)nnc21. The number of halogens is 1. The molecule has 2 aromatic carbocycles. The normalized spacial score (nSPS) is 13.7. The summed E-state index contributed by atoms with van der Waals surface area (Å²) < 4.78 is 2.12. The highest BCUT2D eigenvalue weighted by Gasteiger charge is 2.33. The van der Waals surface area contributed by atoms with Gasteiger partial charge in [0.15, 0.2) is 5.65 Å². The molecule has 3 heterocycles. The van der Waals surface area contributed by atoms with Crippen molar-refractivity contribution in [1.29, 1.82) is 0 Å². The lowest BCUT2D eigenvalue weighted by atomic mass is 10.1. The Balaban J connectivity index is 1.55. The second-order valence-electron chi connectivity index (χ2n) is 8.19. The summed E-state index contributed by atoms with van der Waals surface area (Å²) in [5.41, 5.74) is 3.83. The van der Waals surface area contributed by atoms with Gasteiger partial charge in [-0.05, 0) is 48.7 Å². The number of fused-ring (bicyclic) bond motifs is 3. The number of anilines is 1. The average Bonchev–Trinajstić information content (AvgIpc) is 3.58. The molecule has 3 aromatic heterocycles. The van der Waals surface area contributed by atoms with E-state index in [1.54, 1.807) is 0 Å². The molecule has 1 aliphatic carbocycles. The van der Waals surface area contributed by atoms with Crippen LogP contribution in [-0.4, -0.2) is 30.6 Å². The molecule has 0 spiro atoms. The van der Waals surface area contributed by atoms with Gasteiger partial charge >= 0.3 is 0 Å². The highest BCUT2D eigenvalue weighted by Crippen LogP contribution is 2.35. The number of hydrogen-bond donors (Lipinski definition) is 0. The second kappa shape index (κ2) is 7.88. The van der Waals surface area contributed by atoms with E-state index < -0.39 is 0 Å². The summed E-state index contributed by atoms with van der Waals surface area (Å²) in [6.45, 7) is 0.683. The minimum absolute atomic E-state index is 0.427. The van der Waals surface area contributed by atoms with Crippen LogP contribution in [0.25, 0.3) is 16.6 Å². The van der Waals surface area contributed by atoms with E-state index in [4.69, 9.17) is 16.6 Å². The summed E-state index contributed by atoms with van der Waals surface area (Å²) in [6, 6.07) is 22.6. The number of pyridine rings is 1. The molecule has 6 nitrogen and oxygen atoms in total. The van der Waals surface area contributed by atoms with Crippen LogP contribution in [0.4, 0.5) is 5.95 Å². The Labute approximate surface area is 190 Å². The predicted octanol–water partition coefficient (Wildman–Crippen LogP) is 5.09. The first-order chi connectivity index (χ1) is 15.8. The van der Waals surface area contributed by atoms with E-state index in [1.165, 1.54) is 5.56 Å². The molecule has 6 rings (SSSR count). The van der Waals surface area contributed by atoms with Crippen LogP contribution >= 0.6 is 11.6 Å². The van der Waals surface area contributed by atoms with Gasteiger partial charge in [0.25, 0.3) is 0 Å². The summed E-state index contributed by atoms with van der Waals surface area (Å²) in [5.74, 6) is 1.72. The van der Waals surface area contributed by atoms with Gasteiger partial charge in [0, 0.05) is 29.1 Å². The van der Waals surface area contributed by atoms with Crippen LogP contribution in [0.5, 0.6) is 0 Å². The smallest absolute Gasteiger partial charge is 0.214 e. The number of nitrogens with zero attached hydrogens (tertiary/aromatic N) is 6. The molecule has 0 aliphatic heterocycles. The third-order valence-electron chi connectivity index (χ3n) is 5.86. The van der Waals surface area contributed by atoms with E-state index in [9.17, 15) is 0 Å².